The Hall–Kier alpha value is -0.610. The van der Waals surface area contributed by atoms with Crippen molar-refractivity contribution in [2.24, 2.45) is 0 Å². The highest BCUT2D eigenvalue weighted by Crippen LogP contribution is 2.07. The number of hydrogen-bond acceptors (Lipinski definition) is 3. The van der Waals surface area contributed by atoms with Crippen LogP contribution in [0, 0.1) is 0 Å². The number of carbonyl (C=O) groups excluding carboxylic acids is 1. The summed E-state index contributed by atoms with van der Waals surface area (Å²) in [6.45, 7) is 6.89. The van der Waals surface area contributed by atoms with Crippen molar-refractivity contribution < 1.29 is 9.53 Å². The molecule has 0 aromatic heterocycles. The third kappa shape index (κ3) is 6.36. The van der Waals surface area contributed by atoms with Crippen LogP contribution < -0.4 is 10.6 Å². The van der Waals surface area contributed by atoms with Crippen molar-refractivity contribution in [3.63, 3.8) is 0 Å². The molecule has 0 saturated carbocycles. The standard InChI is InChI=1S/C14H28N2O2/c1-3-5-12(4-2)16-14(17)8-11-18-13-6-9-15-10-7-13/h12-13,15H,3-11H2,1-2H3,(H,16,17). The first-order valence-corrected chi connectivity index (χ1v) is 7.38. The maximum atomic E-state index is 11.7. The molecule has 0 aromatic rings. The zero-order valence-electron chi connectivity index (χ0n) is 11.8. The molecule has 1 fully saturated rings. The molecule has 1 heterocycles. The van der Waals surface area contributed by atoms with Gasteiger partial charge in [-0.15, -0.1) is 0 Å². The van der Waals surface area contributed by atoms with Crippen LogP contribution in [0.15, 0.2) is 0 Å². The maximum absolute atomic E-state index is 11.7. The molecule has 0 aliphatic carbocycles. The lowest BCUT2D eigenvalue weighted by Crippen LogP contribution is -2.36. The fraction of sp³-hybridized carbons (Fsp3) is 0.929. The van der Waals surface area contributed by atoms with E-state index in [1.54, 1.807) is 0 Å². The largest absolute Gasteiger partial charge is 0.378 e. The van der Waals surface area contributed by atoms with Crippen LogP contribution in [0.5, 0.6) is 0 Å². The number of carbonyl (C=O) groups is 1. The van der Waals surface area contributed by atoms with Crippen LogP contribution in [0.4, 0.5) is 0 Å². The molecule has 1 atom stereocenters. The van der Waals surface area contributed by atoms with E-state index < -0.39 is 0 Å². The van der Waals surface area contributed by atoms with Gasteiger partial charge >= 0.3 is 0 Å². The zero-order chi connectivity index (χ0) is 13.2. The number of ether oxygens (including phenoxy) is 1. The van der Waals surface area contributed by atoms with Gasteiger partial charge in [-0.3, -0.25) is 4.79 Å². The van der Waals surface area contributed by atoms with E-state index in [1.807, 2.05) is 0 Å². The molecule has 4 nitrogen and oxygen atoms in total. The molecule has 2 N–H and O–H groups in total. The summed E-state index contributed by atoms with van der Waals surface area (Å²) in [5, 5.41) is 6.38. The Balaban J connectivity index is 2.08. The van der Waals surface area contributed by atoms with Crippen LogP contribution in [-0.4, -0.2) is 37.7 Å². The van der Waals surface area contributed by atoms with Crippen LogP contribution in [0.1, 0.15) is 52.4 Å². The lowest BCUT2D eigenvalue weighted by atomic mass is 10.1. The van der Waals surface area contributed by atoms with Gasteiger partial charge in [0.25, 0.3) is 0 Å². The Bertz CT molecular complexity index is 228. The second kappa shape index (κ2) is 9.34. The van der Waals surface area contributed by atoms with E-state index >= 15 is 0 Å². The Morgan fingerprint density at radius 2 is 2.11 bits per heavy atom. The average Bonchev–Trinajstić information content (AvgIpc) is 2.39. The van der Waals surface area contributed by atoms with Crippen LogP contribution >= 0.6 is 0 Å². The Morgan fingerprint density at radius 1 is 1.39 bits per heavy atom. The molecular weight excluding hydrogens is 228 g/mol. The number of nitrogens with one attached hydrogen (secondary N) is 2. The van der Waals surface area contributed by atoms with Crippen molar-refractivity contribution in [1.82, 2.24) is 10.6 Å². The zero-order valence-corrected chi connectivity index (χ0v) is 11.8. The number of rotatable bonds is 8. The van der Waals surface area contributed by atoms with Crippen molar-refractivity contribution in [3.05, 3.63) is 0 Å². The summed E-state index contributed by atoms with van der Waals surface area (Å²) >= 11 is 0. The first-order valence-electron chi connectivity index (χ1n) is 7.38. The molecule has 0 radical (unpaired) electrons. The van der Waals surface area contributed by atoms with E-state index in [9.17, 15) is 4.79 Å². The first-order chi connectivity index (χ1) is 8.76. The van der Waals surface area contributed by atoms with Crippen LogP contribution in [0.2, 0.25) is 0 Å². The van der Waals surface area contributed by atoms with Crippen molar-refractivity contribution in [2.75, 3.05) is 19.7 Å². The number of piperidine rings is 1. The topological polar surface area (TPSA) is 50.4 Å². The van der Waals surface area contributed by atoms with Gasteiger partial charge < -0.3 is 15.4 Å². The average molecular weight is 256 g/mol. The summed E-state index contributed by atoms with van der Waals surface area (Å²) in [5.74, 6) is 0.129. The van der Waals surface area contributed by atoms with E-state index in [1.165, 1.54) is 0 Å². The normalized spacial score (nSPS) is 18.6. The summed E-state index contributed by atoms with van der Waals surface area (Å²) in [7, 11) is 0. The molecule has 18 heavy (non-hydrogen) atoms. The summed E-state index contributed by atoms with van der Waals surface area (Å²) in [6.07, 6.45) is 6.15. The Labute approximate surface area is 111 Å². The quantitative estimate of drug-likeness (QED) is 0.697. The molecule has 0 aromatic carbocycles. The molecular formula is C14H28N2O2. The Kier molecular flexibility index (Phi) is 8.01. The second-order valence-electron chi connectivity index (χ2n) is 5.03. The van der Waals surface area contributed by atoms with Crippen molar-refractivity contribution in [3.8, 4) is 0 Å². The highest BCUT2D eigenvalue weighted by Gasteiger charge is 2.14. The lowest BCUT2D eigenvalue weighted by molar-refractivity contribution is -0.123. The van der Waals surface area contributed by atoms with E-state index in [-0.39, 0.29) is 5.91 Å². The van der Waals surface area contributed by atoms with Crippen molar-refractivity contribution in [1.29, 1.82) is 0 Å². The highest BCUT2D eigenvalue weighted by atomic mass is 16.5. The smallest absolute Gasteiger partial charge is 0.222 e. The van der Waals surface area contributed by atoms with Crippen LogP contribution in [0.3, 0.4) is 0 Å². The summed E-state index contributed by atoms with van der Waals surface area (Å²) < 4.78 is 5.73. The van der Waals surface area contributed by atoms with Gasteiger partial charge in [0.05, 0.1) is 12.7 Å². The van der Waals surface area contributed by atoms with E-state index in [2.05, 4.69) is 24.5 Å². The van der Waals surface area contributed by atoms with Gasteiger partial charge in [-0.1, -0.05) is 20.3 Å². The van der Waals surface area contributed by atoms with Gasteiger partial charge in [-0.25, -0.2) is 0 Å². The Morgan fingerprint density at radius 3 is 2.72 bits per heavy atom. The second-order valence-corrected chi connectivity index (χ2v) is 5.03. The molecule has 1 amide bonds. The first kappa shape index (κ1) is 15.4. The van der Waals surface area contributed by atoms with E-state index in [0.717, 1.165) is 45.2 Å². The molecule has 0 bridgehead atoms. The minimum absolute atomic E-state index is 0.129. The van der Waals surface area contributed by atoms with Gasteiger partial charge in [-0.2, -0.15) is 0 Å². The molecule has 1 aliphatic rings. The van der Waals surface area contributed by atoms with Gasteiger partial charge in [-0.05, 0) is 38.8 Å². The van der Waals surface area contributed by atoms with Gasteiger partial charge in [0, 0.05) is 12.5 Å². The van der Waals surface area contributed by atoms with Crippen LogP contribution in [0.25, 0.3) is 0 Å². The predicted molar refractivity (Wildman–Crippen MR) is 73.6 cm³/mol. The third-order valence-electron chi connectivity index (χ3n) is 3.46. The fourth-order valence-corrected chi connectivity index (χ4v) is 2.31. The maximum Gasteiger partial charge on any atom is 0.222 e. The molecule has 0 spiro atoms. The molecule has 1 rings (SSSR count). The van der Waals surface area contributed by atoms with Gasteiger partial charge in [0.15, 0.2) is 0 Å². The molecule has 106 valence electrons. The number of amides is 1. The van der Waals surface area contributed by atoms with E-state index in [4.69, 9.17) is 4.74 Å². The van der Waals surface area contributed by atoms with Crippen molar-refractivity contribution in [2.45, 2.75) is 64.5 Å². The fourth-order valence-electron chi connectivity index (χ4n) is 2.31. The van der Waals surface area contributed by atoms with Gasteiger partial charge in [0.2, 0.25) is 5.91 Å². The van der Waals surface area contributed by atoms with E-state index in [0.29, 0.717) is 25.2 Å². The van der Waals surface area contributed by atoms with Crippen molar-refractivity contribution >= 4 is 5.91 Å². The minimum atomic E-state index is 0.129. The van der Waals surface area contributed by atoms with Gasteiger partial charge in [0.1, 0.15) is 0 Å². The minimum Gasteiger partial charge on any atom is -0.378 e. The summed E-state index contributed by atoms with van der Waals surface area (Å²) in [6, 6.07) is 0.335. The molecule has 1 aliphatic heterocycles. The molecule has 1 saturated heterocycles. The molecule has 1 unspecified atom stereocenters. The van der Waals surface area contributed by atoms with Crippen LogP contribution in [-0.2, 0) is 9.53 Å². The monoisotopic (exact) mass is 256 g/mol. The third-order valence-corrected chi connectivity index (χ3v) is 3.46. The predicted octanol–water partition coefficient (Wildman–Crippen LogP) is 1.84. The molecule has 4 heteroatoms. The SMILES string of the molecule is CCCC(CC)NC(=O)CCOC1CCNCC1. The number of hydrogen-bond donors (Lipinski definition) is 2. The summed E-state index contributed by atoms with van der Waals surface area (Å²) in [4.78, 5) is 11.7. The lowest BCUT2D eigenvalue weighted by Gasteiger charge is -2.23. The highest BCUT2D eigenvalue weighted by molar-refractivity contribution is 5.76. The summed E-state index contributed by atoms with van der Waals surface area (Å²) in [5.41, 5.74) is 0.